The highest BCUT2D eigenvalue weighted by atomic mass is 32.1. The summed E-state index contributed by atoms with van der Waals surface area (Å²) in [5.74, 6) is 0. The lowest BCUT2D eigenvalue weighted by Gasteiger charge is -2.00. The van der Waals surface area contributed by atoms with E-state index >= 15 is 0 Å². The Morgan fingerprint density at radius 3 is 2.33 bits per heavy atom. The van der Waals surface area contributed by atoms with Crippen LogP contribution in [-0.4, -0.2) is 4.98 Å². The lowest BCUT2D eigenvalue weighted by atomic mass is 10.1. The lowest BCUT2D eigenvalue weighted by Crippen LogP contribution is -1.82. The molecule has 0 amide bonds. The van der Waals surface area contributed by atoms with Crippen molar-refractivity contribution in [1.82, 2.24) is 4.98 Å². The first-order valence-electron chi connectivity index (χ1n) is 4.26. The maximum absolute atomic E-state index is 12.3. The fourth-order valence-corrected chi connectivity index (χ4v) is 1.90. The van der Waals surface area contributed by atoms with E-state index < -0.39 is 6.43 Å². The standard InChI is InChI=1S/C10H8F2N2S/c11-9(12)7-3-1-6(2-4-7)8-5-14-10(13)15-8/h1-5,9H,(H2,13,14). The zero-order chi connectivity index (χ0) is 10.8. The quantitative estimate of drug-likeness (QED) is 0.853. The maximum atomic E-state index is 12.3. The number of nitrogens with zero attached hydrogens (tertiary/aromatic N) is 1. The average molecular weight is 226 g/mol. The van der Waals surface area contributed by atoms with Gasteiger partial charge in [0, 0.05) is 11.8 Å². The second kappa shape index (κ2) is 3.94. The van der Waals surface area contributed by atoms with Gasteiger partial charge in [-0.1, -0.05) is 35.6 Å². The van der Waals surface area contributed by atoms with Gasteiger partial charge in [0.25, 0.3) is 6.43 Å². The Kier molecular flexibility index (Phi) is 2.64. The number of nitrogen functional groups attached to an aromatic ring is 1. The minimum absolute atomic E-state index is 0.0243. The molecule has 0 bridgehead atoms. The first-order chi connectivity index (χ1) is 7.16. The summed E-state index contributed by atoms with van der Waals surface area (Å²) in [4.78, 5) is 4.78. The molecule has 0 aliphatic heterocycles. The molecule has 0 unspecified atom stereocenters. The molecule has 1 aromatic carbocycles. The molecule has 2 aromatic rings. The van der Waals surface area contributed by atoms with Gasteiger partial charge in [0.2, 0.25) is 0 Å². The predicted octanol–water partition coefficient (Wildman–Crippen LogP) is 3.33. The van der Waals surface area contributed by atoms with E-state index in [9.17, 15) is 8.78 Å². The van der Waals surface area contributed by atoms with Gasteiger partial charge in [0.15, 0.2) is 5.13 Å². The highest BCUT2D eigenvalue weighted by molar-refractivity contribution is 7.18. The van der Waals surface area contributed by atoms with E-state index in [0.29, 0.717) is 5.13 Å². The van der Waals surface area contributed by atoms with Crippen LogP contribution < -0.4 is 5.73 Å². The van der Waals surface area contributed by atoms with Crippen molar-refractivity contribution >= 4 is 16.5 Å². The molecular weight excluding hydrogens is 218 g/mol. The van der Waals surface area contributed by atoms with Crippen LogP contribution >= 0.6 is 11.3 Å². The van der Waals surface area contributed by atoms with Crippen molar-refractivity contribution in [3.05, 3.63) is 36.0 Å². The SMILES string of the molecule is Nc1ncc(-c2ccc(C(F)F)cc2)s1. The van der Waals surface area contributed by atoms with Crippen molar-refractivity contribution in [2.24, 2.45) is 0 Å². The first-order valence-corrected chi connectivity index (χ1v) is 5.08. The van der Waals surface area contributed by atoms with E-state index in [1.165, 1.54) is 23.5 Å². The Balaban J connectivity index is 2.31. The predicted molar refractivity (Wildman–Crippen MR) is 56.9 cm³/mol. The van der Waals surface area contributed by atoms with Gasteiger partial charge in [0.05, 0.1) is 4.88 Å². The van der Waals surface area contributed by atoms with Gasteiger partial charge in [-0.05, 0) is 5.56 Å². The molecule has 1 heterocycles. The number of hydrogen-bond donors (Lipinski definition) is 1. The third-order valence-corrected chi connectivity index (χ3v) is 2.85. The van der Waals surface area contributed by atoms with Crippen molar-refractivity contribution in [2.45, 2.75) is 6.43 Å². The van der Waals surface area contributed by atoms with E-state index in [1.807, 2.05) is 0 Å². The number of nitrogens with two attached hydrogens (primary N) is 1. The lowest BCUT2D eigenvalue weighted by molar-refractivity contribution is 0.151. The van der Waals surface area contributed by atoms with Crippen LogP contribution in [0.5, 0.6) is 0 Å². The van der Waals surface area contributed by atoms with Gasteiger partial charge in [-0.25, -0.2) is 13.8 Å². The summed E-state index contributed by atoms with van der Waals surface area (Å²) < 4.78 is 24.6. The smallest absolute Gasteiger partial charge is 0.263 e. The Bertz CT molecular complexity index is 451. The van der Waals surface area contributed by atoms with Crippen LogP contribution in [0.1, 0.15) is 12.0 Å². The van der Waals surface area contributed by atoms with Crippen LogP contribution in [0.2, 0.25) is 0 Å². The molecule has 78 valence electrons. The molecule has 0 aliphatic rings. The molecule has 15 heavy (non-hydrogen) atoms. The Morgan fingerprint density at radius 1 is 1.20 bits per heavy atom. The molecule has 2 N–H and O–H groups in total. The second-order valence-electron chi connectivity index (χ2n) is 2.99. The fourth-order valence-electron chi connectivity index (χ4n) is 1.21. The Labute approximate surface area is 89.4 Å². The highest BCUT2D eigenvalue weighted by Crippen LogP contribution is 2.28. The summed E-state index contributed by atoms with van der Waals surface area (Å²) in [6.45, 7) is 0. The minimum atomic E-state index is -2.43. The van der Waals surface area contributed by atoms with Gasteiger partial charge < -0.3 is 5.73 Å². The zero-order valence-electron chi connectivity index (χ0n) is 7.65. The van der Waals surface area contributed by atoms with Crippen molar-refractivity contribution in [1.29, 1.82) is 0 Å². The van der Waals surface area contributed by atoms with Crippen molar-refractivity contribution in [3.8, 4) is 10.4 Å². The van der Waals surface area contributed by atoms with Crippen LogP contribution in [0.15, 0.2) is 30.5 Å². The molecule has 0 atom stereocenters. The van der Waals surface area contributed by atoms with E-state index in [1.54, 1.807) is 18.3 Å². The van der Waals surface area contributed by atoms with E-state index in [0.717, 1.165) is 10.4 Å². The monoisotopic (exact) mass is 226 g/mol. The molecule has 0 saturated carbocycles. The number of benzene rings is 1. The van der Waals surface area contributed by atoms with Crippen LogP contribution in [0.3, 0.4) is 0 Å². The first kappa shape index (κ1) is 10.0. The molecule has 0 aliphatic carbocycles. The number of anilines is 1. The molecule has 0 spiro atoms. The van der Waals surface area contributed by atoms with Gasteiger partial charge in [0.1, 0.15) is 0 Å². The topological polar surface area (TPSA) is 38.9 Å². The maximum Gasteiger partial charge on any atom is 0.263 e. The van der Waals surface area contributed by atoms with Gasteiger partial charge >= 0.3 is 0 Å². The van der Waals surface area contributed by atoms with Crippen molar-refractivity contribution in [3.63, 3.8) is 0 Å². The van der Waals surface area contributed by atoms with Gasteiger partial charge in [-0.15, -0.1) is 0 Å². The summed E-state index contributed by atoms with van der Waals surface area (Å²) in [6, 6.07) is 6.12. The average Bonchev–Trinajstić information content (AvgIpc) is 2.65. The summed E-state index contributed by atoms with van der Waals surface area (Å²) in [7, 11) is 0. The van der Waals surface area contributed by atoms with E-state index in [2.05, 4.69) is 4.98 Å². The molecule has 2 rings (SSSR count). The third kappa shape index (κ3) is 2.12. The summed E-state index contributed by atoms with van der Waals surface area (Å²) >= 11 is 1.33. The van der Waals surface area contributed by atoms with Crippen LogP contribution in [-0.2, 0) is 0 Å². The molecule has 5 heteroatoms. The number of halogens is 2. The zero-order valence-corrected chi connectivity index (χ0v) is 8.47. The Hall–Kier alpha value is -1.49. The number of rotatable bonds is 2. The largest absolute Gasteiger partial charge is 0.375 e. The minimum Gasteiger partial charge on any atom is -0.375 e. The normalized spacial score (nSPS) is 10.9. The molecule has 0 saturated heterocycles. The third-order valence-electron chi connectivity index (χ3n) is 1.97. The Morgan fingerprint density at radius 2 is 1.87 bits per heavy atom. The van der Waals surface area contributed by atoms with Gasteiger partial charge in [-0.2, -0.15) is 0 Å². The second-order valence-corrected chi connectivity index (χ2v) is 4.05. The number of thiazole rings is 1. The molecule has 0 fully saturated rings. The fraction of sp³-hybridized carbons (Fsp3) is 0.100. The van der Waals surface area contributed by atoms with Crippen molar-refractivity contribution in [2.75, 3.05) is 5.73 Å². The van der Waals surface area contributed by atoms with E-state index in [4.69, 9.17) is 5.73 Å². The van der Waals surface area contributed by atoms with Crippen LogP contribution in [0.4, 0.5) is 13.9 Å². The highest BCUT2D eigenvalue weighted by Gasteiger charge is 2.07. The van der Waals surface area contributed by atoms with Crippen molar-refractivity contribution < 1.29 is 8.78 Å². The summed E-state index contributed by atoms with van der Waals surface area (Å²) in [5, 5.41) is 0.475. The van der Waals surface area contributed by atoms with Crippen LogP contribution in [0.25, 0.3) is 10.4 Å². The number of aromatic nitrogens is 1. The molecule has 0 radical (unpaired) electrons. The van der Waals surface area contributed by atoms with Crippen LogP contribution in [0, 0.1) is 0 Å². The molecule has 2 nitrogen and oxygen atoms in total. The number of alkyl halides is 2. The molecule has 1 aromatic heterocycles. The summed E-state index contributed by atoms with van der Waals surface area (Å²) in [6.07, 6.45) is -0.789. The van der Waals surface area contributed by atoms with E-state index in [-0.39, 0.29) is 5.56 Å². The van der Waals surface area contributed by atoms with Gasteiger partial charge in [-0.3, -0.25) is 0 Å². The number of hydrogen-bond acceptors (Lipinski definition) is 3. The summed E-state index contributed by atoms with van der Waals surface area (Å²) in [5.41, 5.74) is 6.36. The molecular formula is C10H8F2N2S.